The average Bonchev–Trinajstić information content (AvgIpc) is 3.22. The Morgan fingerprint density at radius 3 is 2.68 bits per heavy atom. The Hall–Kier alpha value is -1.60. The molecule has 1 atom stereocenters. The van der Waals surface area contributed by atoms with Crippen molar-refractivity contribution in [3.05, 3.63) is 29.8 Å². The highest BCUT2D eigenvalue weighted by Gasteiger charge is 2.31. The number of sulfone groups is 1. The van der Waals surface area contributed by atoms with E-state index in [9.17, 15) is 13.2 Å². The molecule has 2 saturated heterocycles. The molecule has 2 aliphatic rings. The molecule has 1 aromatic carbocycles. The van der Waals surface area contributed by atoms with Crippen LogP contribution in [0.15, 0.2) is 24.3 Å². The number of carbonyl (C=O) groups excluding carboxylic acids is 1. The number of hydrogen-bond acceptors (Lipinski definition) is 5. The molecule has 0 saturated carbocycles. The Balaban J connectivity index is 1.52. The topological polar surface area (TPSA) is 69.7 Å². The fourth-order valence-electron chi connectivity index (χ4n) is 3.66. The van der Waals surface area contributed by atoms with Crippen LogP contribution in [0.1, 0.15) is 24.8 Å². The lowest BCUT2D eigenvalue weighted by atomic mass is 10.1. The summed E-state index contributed by atoms with van der Waals surface area (Å²) < 4.78 is 23.1. The third-order valence-electron chi connectivity index (χ3n) is 5.14. The van der Waals surface area contributed by atoms with Crippen molar-refractivity contribution < 1.29 is 13.2 Å². The maximum absolute atomic E-state index is 12.3. The predicted molar refractivity (Wildman–Crippen MR) is 99.4 cm³/mol. The fourth-order valence-corrected chi connectivity index (χ4v) is 5.46. The van der Waals surface area contributed by atoms with E-state index in [0.29, 0.717) is 13.0 Å². The quantitative estimate of drug-likeness (QED) is 0.815. The second-order valence-corrected chi connectivity index (χ2v) is 9.30. The number of amides is 1. The lowest BCUT2D eigenvalue weighted by Gasteiger charge is -2.23. The lowest BCUT2D eigenvalue weighted by Crippen LogP contribution is -2.41. The third-order valence-corrected chi connectivity index (χ3v) is 6.89. The molecule has 138 valence electrons. The van der Waals surface area contributed by atoms with Crippen molar-refractivity contribution in [2.75, 3.05) is 43.1 Å². The summed E-state index contributed by atoms with van der Waals surface area (Å²) in [5.74, 6) is 0.324. The number of rotatable bonds is 6. The molecule has 1 amide bonds. The standard InChI is InChI=1S/C18H27N3O3S/c1-20(16-8-11-25(23,24)14-16)13-18(22)19-12-15-6-2-3-7-17(15)21-9-4-5-10-21/h2-3,6-7,16H,4-5,8-14H2,1H3,(H,19,22)/t16-/m1/s1. The first kappa shape index (κ1) is 18.2. The van der Waals surface area contributed by atoms with E-state index in [1.165, 1.54) is 18.5 Å². The first-order chi connectivity index (χ1) is 11.9. The van der Waals surface area contributed by atoms with Crippen molar-refractivity contribution >= 4 is 21.4 Å². The molecule has 1 aromatic rings. The van der Waals surface area contributed by atoms with E-state index < -0.39 is 9.84 Å². The summed E-state index contributed by atoms with van der Waals surface area (Å²) in [5.41, 5.74) is 2.33. The number of nitrogens with zero attached hydrogens (tertiary/aromatic N) is 2. The largest absolute Gasteiger partial charge is 0.371 e. The highest BCUT2D eigenvalue weighted by Crippen LogP contribution is 2.24. The summed E-state index contributed by atoms with van der Waals surface area (Å²) in [5, 5.41) is 2.98. The van der Waals surface area contributed by atoms with Gasteiger partial charge in [-0.2, -0.15) is 0 Å². The molecular formula is C18H27N3O3S. The fraction of sp³-hybridized carbons (Fsp3) is 0.611. The minimum Gasteiger partial charge on any atom is -0.371 e. The van der Waals surface area contributed by atoms with Gasteiger partial charge in [0, 0.05) is 31.4 Å². The summed E-state index contributed by atoms with van der Waals surface area (Å²) >= 11 is 0. The SMILES string of the molecule is CN(CC(=O)NCc1ccccc1N1CCCC1)[C@@H]1CCS(=O)(=O)C1. The Labute approximate surface area is 150 Å². The number of likely N-dealkylation sites (N-methyl/N-ethyl adjacent to an activating group) is 1. The van der Waals surface area contributed by atoms with E-state index in [-0.39, 0.29) is 30.0 Å². The number of carbonyl (C=O) groups is 1. The molecule has 2 aliphatic heterocycles. The molecule has 1 N–H and O–H groups in total. The number of benzene rings is 1. The highest BCUT2D eigenvalue weighted by molar-refractivity contribution is 7.91. The van der Waals surface area contributed by atoms with Crippen molar-refractivity contribution in [3.63, 3.8) is 0 Å². The van der Waals surface area contributed by atoms with E-state index in [1.807, 2.05) is 24.1 Å². The number of anilines is 1. The van der Waals surface area contributed by atoms with Gasteiger partial charge in [-0.05, 0) is 37.9 Å². The minimum atomic E-state index is -2.93. The van der Waals surface area contributed by atoms with E-state index in [2.05, 4.69) is 22.3 Å². The molecule has 7 heteroatoms. The van der Waals surface area contributed by atoms with Crippen LogP contribution in [0.5, 0.6) is 0 Å². The molecular weight excluding hydrogens is 338 g/mol. The average molecular weight is 365 g/mol. The van der Waals surface area contributed by atoms with Crippen molar-refractivity contribution in [3.8, 4) is 0 Å². The van der Waals surface area contributed by atoms with E-state index in [0.717, 1.165) is 18.7 Å². The molecule has 25 heavy (non-hydrogen) atoms. The number of nitrogens with one attached hydrogen (secondary N) is 1. The number of para-hydroxylation sites is 1. The van der Waals surface area contributed by atoms with Crippen LogP contribution in [-0.4, -0.2) is 63.5 Å². The van der Waals surface area contributed by atoms with Crippen LogP contribution < -0.4 is 10.2 Å². The van der Waals surface area contributed by atoms with Gasteiger partial charge in [0.15, 0.2) is 9.84 Å². The van der Waals surface area contributed by atoms with Crippen molar-refractivity contribution in [2.45, 2.75) is 31.8 Å². The Morgan fingerprint density at radius 2 is 2.00 bits per heavy atom. The third kappa shape index (κ3) is 4.73. The van der Waals surface area contributed by atoms with Gasteiger partial charge in [0.05, 0.1) is 18.1 Å². The van der Waals surface area contributed by atoms with Gasteiger partial charge < -0.3 is 10.2 Å². The zero-order valence-electron chi connectivity index (χ0n) is 14.8. The Kier molecular flexibility index (Phi) is 5.64. The van der Waals surface area contributed by atoms with E-state index in [4.69, 9.17) is 0 Å². The molecule has 0 unspecified atom stereocenters. The summed E-state index contributed by atoms with van der Waals surface area (Å²) in [6, 6.07) is 8.15. The zero-order valence-corrected chi connectivity index (χ0v) is 15.6. The van der Waals surface area contributed by atoms with Gasteiger partial charge in [-0.3, -0.25) is 9.69 Å². The van der Waals surface area contributed by atoms with Crippen LogP contribution in [0.4, 0.5) is 5.69 Å². The van der Waals surface area contributed by atoms with Gasteiger partial charge in [0.2, 0.25) is 5.91 Å². The zero-order chi connectivity index (χ0) is 17.9. The van der Waals surface area contributed by atoms with Crippen molar-refractivity contribution in [2.24, 2.45) is 0 Å². The van der Waals surface area contributed by atoms with Gasteiger partial charge in [-0.15, -0.1) is 0 Å². The summed E-state index contributed by atoms with van der Waals surface area (Å²) in [6.07, 6.45) is 3.05. The second kappa shape index (κ2) is 7.74. The smallest absolute Gasteiger partial charge is 0.234 e. The normalized spacial score (nSPS) is 22.5. The summed E-state index contributed by atoms with van der Waals surface area (Å²) in [6.45, 7) is 2.88. The van der Waals surface area contributed by atoms with Gasteiger partial charge in [0.1, 0.15) is 0 Å². The van der Waals surface area contributed by atoms with Crippen LogP contribution in [0.2, 0.25) is 0 Å². The van der Waals surface area contributed by atoms with Crippen LogP contribution >= 0.6 is 0 Å². The van der Waals surface area contributed by atoms with Gasteiger partial charge in [-0.25, -0.2) is 8.42 Å². The Bertz CT molecular complexity index is 714. The van der Waals surface area contributed by atoms with Crippen LogP contribution in [0.3, 0.4) is 0 Å². The first-order valence-electron chi connectivity index (χ1n) is 8.95. The molecule has 2 heterocycles. The highest BCUT2D eigenvalue weighted by atomic mass is 32.2. The second-order valence-electron chi connectivity index (χ2n) is 7.07. The lowest BCUT2D eigenvalue weighted by molar-refractivity contribution is -0.122. The minimum absolute atomic E-state index is 0.0485. The van der Waals surface area contributed by atoms with Crippen LogP contribution in [-0.2, 0) is 21.2 Å². The molecule has 3 rings (SSSR count). The van der Waals surface area contributed by atoms with Gasteiger partial charge in [-0.1, -0.05) is 18.2 Å². The molecule has 6 nitrogen and oxygen atoms in total. The summed E-state index contributed by atoms with van der Waals surface area (Å²) in [7, 11) is -1.10. The van der Waals surface area contributed by atoms with Crippen LogP contribution in [0, 0.1) is 0 Å². The van der Waals surface area contributed by atoms with E-state index in [1.54, 1.807) is 0 Å². The molecule has 0 radical (unpaired) electrons. The first-order valence-corrected chi connectivity index (χ1v) is 10.8. The monoisotopic (exact) mass is 365 g/mol. The van der Waals surface area contributed by atoms with Crippen LogP contribution in [0.25, 0.3) is 0 Å². The van der Waals surface area contributed by atoms with Crippen molar-refractivity contribution in [1.29, 1.82) is 0 Å². The predicted octanol–water partition coefficient (Wildman–Crippen LogP) is 1.02. The summed E-state index contributed by atoms with van der Waals surface area (Å²) in [4.78, 5) is 16.5. The maximum atomic E-state index is 12.3. The molecule has 0 aromatic heterocycles. The van der Waals surface area contributed by atoms with Gasteiger partial charge in [0.25, 0.3) is 0 Å². The molecule has 0 spiro atoms. The molecule has 0 bridgehead atoms. The Morgan fingerprint density at radius 1 is 1.28 bits per heavy atom. The molecule has 0 aliphatic carbocycles. The maximum Gasteiger partial charge on any atom is 0.234 e. The number of hydrogen-bond donors (Lipinski definition) is 1. The van der Waals surface area contributed by atoms with Crippen molar-refractivity contribution in [1.82, 2.24) is 10.2 Å². The van der Waals surface area contributed by atoms with E-state index >= 15 is 0 Å². The van der Waals surface area contributed by atoms with Gasteiger partial charge >= 0.3 is 0 Å². The molecule has 2 fully saturated rings.